The van der Waals surface area contributed by atoms with Crippen LogP contribution in [0.15, 0.2) is 47.6 Å². The molecule has 0 aliphatic carbocycles. The van der Waals surface area contributed by atoms with Gasteiger partial charge in [0.05, 0.1) is 11.8 Å². The molecular weight excluding hydrogens is 443 g/mol. The number of anilines is 1. The molecular formula is C23H27FN6O2S. The topological polar surface area (TPSA) is 92.2 Å². The van der Waals surface area contributed by atoms with Gasteiger partial charge in [-0.15, -0.1) is 10.2 Å². The minimum Gasteiger partial charge on any atom is -0.307 e. The third-order valence-electron chi connectivity index (χ3n) is 5.33. The number of nitrogens with one attached hydrogen (secondary N) is 2. The van der Waals surface area contributed by atoms with E-state index in [0.717, 1.165) is 22.9 Å². The fraction of sp³-hybridized carbons (Fsp3) is 0.304. The maximum Gasteiger partial charge on any atom is 0.325 e. The summed E-state index contributed by atoms with van der Waals surface area (Å²) < 4.78 is 15.2. The molecule has 0 spiro atoms. The van der Waals surface area contributed by atoms with Gasteiger partial charge in [-0.25, -0.2) is 9.18 Å². The average Bonchev–Trinajstić information content (AvgIpc) is 3.19. The maximum atomic E-state index is 13.5. The number of rotatable bonds is 7. The number of hydrogen-bond donors (Lipinski definition) is 2. The highest BCUT2D eigenvalue weighted by Crippen LogP contribution is 2.27. The fourth-order valence-electron chi connectivity index (χ4n) is 3.04. The first-order valence-corrected chi connectivity index (χ1v) is 11.3. The number of thioether (sulfide) groups is 1. The van der Waals surface area contributed by atoms with Crippen LogP contribution in [-0.2, 0) is 4.79 Å². The number of imide groups is 1. The van der Waals surface area contributed by atoms with Crippen LogP contribution in [0.1, 0.15) is 29.9 Å². The average molecular weight is 471 g/mol. The van der Waals surface area contributed by atoms with E-state index in [2.05, 4.69) is 20.8 Å². The maximum absolute atomic E-state index is 13.5. The lowest BCUT2D eigenvalue weighted by Gasteiger charge is -2.20. The highest BCUT2D eigenvalue weighted by Gasteiger charge is 2.22. The Labute approximate surface area is 196 Å². The van der Waals surface area contributed by atoms with E-state index in [1.807, 2.05) is 51.9 Å². The Balaban J connectivity index is 1.71. The Morgan fingerprint density at radius 1 is 1.12 bits per heavy atom. The molecule has 8 nitrogen and oxygen atoms in total. The van der Waals surface area contributed by atoms with Crippen LogP contribution in [0.2, 0.25) is 0 Å². The highest BCUT2D eigenvalue weighted by atomic mass is 32.2. The van der Waals surface area contributed by atoms with Gasteiger partial charge >= 0.3 is 6.03 Å². The highest BCUT2D eigenvalue weighted by molar-refractivity contribution is 7.99. The SMILES string of the molecule is Cc1cccc(NC(=O)NC(=O)CSc2nnc(C(C)N(C)C)n2-c2ccc(F)cc2)c1C. The van der Waals surface area contributed by atoms with E-state index in [1.54, 1.807) is 22.8 Å². The van der Waals surface area contributed by atoms with Crippen molar-refractivity contribution < 1.29 is 14.0 Å². The van der Waals surface area contributed by atoms with Gasteiger partial charge in [0, 0.05) is 11.4 Å². The van der Waals surface area contributed by atoms with E-state index in [9.17, 15) is 14.0 Å². The number of aromatic nitrogens is 3. The molecule has 0 radical (unpaired) electrons. The first-order valence-electron chi connectivity index (χ1n) is 10.3. The van der Waals surface area contributed by atoms with E-state index in [-0.39, 0.29) is 17.6 Å². The van der Waals surface area contributed by atoms with E-state index >= 15 is 0 Å². The Morgan fingerprint density at radius 2 is 1.82 bits per heavy atom. The van der Waals surface area contributed by atoms with Crippen molar-refractivity contribution in [3.05, 3.63) is 65.2 Å². The lowest BCUT2D eigenvalue weighted by Crippen LogP contribution is -2.35. The van der Waals surface area contributed by atoms with Gasteiger partial charge in [0.2, 0.25) is 5.91 Å². The van der Waals surface area contributed by atoms with E-state index < -0.39 is 11.9 Å². The van der Waals surface area contributed by atoms with Crippen molar-refractivity contribution in [2.24, 2.45) is 0 Å². The Morgan fingerprint density at radius 3 is 2.48 bits per heavy atom. The van der Waals surface area contributed by atoms with Gasteiger partial charge in [-0.2, -0.15) is 0 Å². The van der Waals surface area contributed by atoms with Crippen molar-refractivity contribution in [1.82, 2.24) is 25.0 Å². The van der Waals surface area contributed by atoms with Gasteiger partial charge in [0.25, 0.3) is 0 Å². The van der Waals surface area contributed by atoms with Crippen molar-refractivity contribution in [3.63, 3.8) is 0 Å². The molecule has 1 atom stereocenters. The number of carbonyl (C=O) groups excluding carboxylic acids is 2. The third kappa shape index (κ3) is 5.96. The molecule has 3 amide bonds. The van der Waals surface area contributed by atoms with Crippen molar-refractivity contribution in [1.29, 1.82) is 0 Å². The molecule has 0 bridgehead atoms. The minimum atomic E-state index is -0.601. The summed E-state index contributed by atoms with van der Waals surface area (Å²) in [6.45, 7) is 5.82. The number of aryl methyl sites for hydroxylation is 1. The van der Waals surface area contributed by atoms with Crippen LogP contribution >= 0.6 is 11.8 Å². The zero-order chi connectivity index (χ0) is 24.1. The lowest BCUT2D eigenvalue weighted by atomic mass is 10.1. The standard InChI is InChI=1S/C23H27FN6O2S/c1-14-7-6-8-19(15(14)2)25-22(32)26-20(31)13-33-23-28-27-21(16(3)29(4)5)30(23)18-11-9-17(24)10-12-18/h6-12,16H,13H2,1-5H3,(H2,25,26,31,32). The van der Waals surface area contributed by atoms with Crippen LogP contribution in [0.3, 0.4) is 0 Å². The summed E-state index contributed by atoms with van der Waals surface area (Å²) >= 11 is 1.14. The van der Waals surface area contributed by atoms with Crippen LogP contribution in [-0.4, -0.2) is 51.5 Å². The van der Waals surface area contributed by atoms with Crippen LogP contribution in [0.4, 0.5) is 14.9 Å². The first-order chi connectivity index (χ1) is 15.7. The van der Waals surface area contributed by atoms with Crippen molar-refractivity contribution >= 4 is 29.4 Å². The molecule has 2 aromatic carbocycles. The summed E-state index contributed by atoms with van der Waals surface area (Å²) in [6.07, 6.45) is 0. The van der Waals surface area contributed by atoms with Gasteiger partial charge in [0.1, 0.15) is 5.82 Å². The van der Waals surface area contributed by atoms with Gasteiger partial charge in [-0.1, -0.05) is 23.9 Å². The molecule has 1 heterocycles. The summed E-state index contributed by atoms with van der Waals surface area (Å²) in [6, 6.07) is 10.9. The molecule has 0 saturated heterocycles. The Kier molecular flexibility index (Phi) is 7.83. The molecule has 10 heteroatoms. The van der Waals surface area contributed by atoms with Crippen LogP contribution in [0.5, 0.6) is 0 Å². The summed E-state index contributed by atoms with van der Waals surface area (Å²) in [5.41, 5.74) is 3.30. The molecule has 3 rings (SSSR count). The molecule has 174 valence electrons. The number of nitrogens with zero attached hydrogens (tertiary/aromatic N) is 4. The van der Waals surface area contributed by atoms with Gasteiger partial charge in [-0.3, -0.25) is 19.6 Å². The number of urea groups is 1. The van der Waals surface area contributed by atoms with Gasteiger partial charge in [0.15, 0.2) is 11.0 Å². The van der Waals surface area contributed by atoms with Crippen molar-refractivity contribution in [2.75, 3.05) is 25.2 Å². The summed E-state index contributed by atoms with van der Waals surface area (Å²) in [7, 11) is 3.84. The second kappa shape index (κ2) is 10.6. The zero-order valence-corrected chi connectivity index (χ0v) is 20.0. The summed E-state index contributed by atoms with van der Waals surface area (Å²) in [4.78, 5) is 26.6. The lowest BCUT2D eigenvalue weighted by molar-refractivity contribution is -0.117. The molecule has 1 unspecified atom stereocenters. The molecule has 0 saturated carbocycles. The monoisotopic (exact) mass is 470 g/mol. The zero-order valence-electron chi connectivity index (χ0n) is 19.2. The van der Waals surface area contributed by atoms with E-state index in [4.69, 9.17) is 0 Å². The Bertz CT molecular complexity index is 1150. The largest absolute Gasteiger partial charge is 0.325 e. The molecule has 0 fully saturated rings. The quantitative estimate of drug-likeness (QED) is 0.506. The summed E-state index contributed by atoms with van der Waals surface area (Å²) in [5, 5.41) is 14.0. The molecule has 1 aromatic heterocycles. The van der Waals surface area contributed by atoms with Crippen molar-refractivity contribution in [2.45, 2.75) is 32.0 Å². The molecule has 3 aromatic rings. The van der Waals surface area contributed by atoms with E-state index in [0.29, 0.717) is 22.4 Å². The fourth-order valence-corrected chi connectivity index (χ4v) is 3.80. The van der Waals surface area contributed by atoms with Gasteiger partial charge < -0.3 is 5.32 Å². The molecule has 0 aliphatic heterocycles. The third-order valence-corrected chi connectivity index (χ3v) is 6.26. The van der Waals surface area contributed by atoms with Crippen LogP contribution < -0.4 is 10.6 Å². The molecule has 0 aliphatic rings. The Hall–Kier alpha value is -3.24. The normalized spacial score (nSPS) is 12.0. The minimum absolute atomic E-state index is 0.0457. The van der Waals surface area contributed by atoms with E-state index in [1.165, 1.54) is 12.1 Å². The number of amides is 3. The number of carbonyl (C=O) groups is 2. The smallest absolute Gasteiger partial charge is 0.307 e. The number of benzene rings is 2. The number of halogens is 1. The van der Waals surface area contributed by atoms with Crippen LogP contribution in [0.25, 0.3) is 5.69 Å². The molecule has 2 N–H and O–H groups in total. The predicted molar refractivity (Wildman–Crippen MR) is 127 cm³/mol. The molecule has 33 heavy (non-hydrogen) atoms. The first kappa shape index (κ1) is 24.4. The predicted octanol–water partition coefficient (Wildman–Crippen LogP) is 4.09. The number of hydrogen-bond acceptors (Lipinski definition) is 6. The van der Waals surface area contributed by atoms with Gasteiger partial charge in [-0.05, 0) is 76.3 Å². The summed E-state index contributed by atoms with van der Waals surface area (Å²) in [5.74, 6) is -0.214. The second-order valence-corrected chi connectivity index (χ2v) is 8.77. The van der Waals surface area contributed by atoms with Crippen LogP contribution in [0, 0.1) is 19.7 Å². The van der Waals surface area contributed by atoms with Crippen molar-refractivity contribution in [3.8, 4) is 5.69 Å². The second-order valence-electron chi connectivity index (χ2n) is 7.83.